The van der Waals surface area contributed by atoms with Gasteiger partial charge in [-0.15, -0.1) is 0 Å². The van der Waals surface area contributed by atoms with Crippen LogP contribution in [0.15, 0.2) is 42.7 Å². The Morgan fingerprint density at radius 1 is 1.13 bits per heavy atom. The highest BCUT2D eigenvalue weighted by Crippen LogP contribution is 2.16. The van der Waals surface area contributed by atoms with Gasteiger partial charge in [0, 0.05) is 45.0 Å². The van der Waals surface area contributed by atoms with Crippen LogP contribution in [0, 0.1) is 0 Å². The molecule has 4 nitrogen and oxygen atoms in total. The maximum atomic E-state index is 6.06. The molecular weight excluding hydrogens is 286 g/mol. The van der Waals surface area contributed by atoms with Gasteiger partial charge in [-0.25, -0.2) is 4.98 Å². The van der Waals surface area contributed by atoms with Gasteiger partial charge in [0.2, 0.25) is 0 Å². The number of ether oxygens (including phenoxy) is 1. The number of rotatable bonds is 7. The van der Waals surface area contributed by atoms with Gasteiger partial charge >= 0.3 is 0 Å². The molecule has 1 saturated heterocycles. The Bertz CT molecular complexity index is 573. The molecule has 1 aliphatic rings. The molecule has 0 bridgehead atoms. The van der Waals surface area contributed by atoms with E-state index >= 15 is 0 Å². The summed E-state index contributed by atoms with van der Waals surface area (Å²) in [5.41, 5.74) is 1.27. The van der Waals surface area contributed by atoms with Crippen LogP contribution in [0.1, 0.15) is 31.2 Å². The van der Waals surface area contributed by atoms with Gasteiger partial charge in [-0.2, -0.15) is 0 Å². The lowest BCUT2D eigenvalue weighted by atomic mass is 10.1. The summed E-state index contributed by atoms with van der Waals surface area (Å²) >= 11 is 0. The lowest BCUT2D eigenvalue weighted by Gasteiger charge is -2.32. The molecule has 3 rings (SSSR count). The molecule has 1 aromatic heterocycles. The number of aromatic nitrogens is 2. The van der Waals surface area contributed by atoms with Gasteiger partial charge < -0.3 is 14.2 Å². The van der Waals surface area contributed by atoms with E-state index in [1.807, 2.05) is 12.3 Å². The number of nitrogens with zero attached hydrogens (tertiary/aromatic N) is 3. The first-order valence-electron chi connectivity index (χ1n) is 8.73. The maximum Gasteiger partial charge on any atom is 0.108 e. The largest absolute Gasteiger partial charge is 0.373 e. The van der Waals surface area contributed by atoms with Crippen LogP contribution in [-0.4, -0.2) is 40.2 Å². The second-order valence-corrected chi connectivity index (χ2v) is 6.23. The number of hydrogen-bond donors (Lipinski definition) is 0. The Labute approximate surface area is 139 Å². The molecule has 4 heteroatoms. The number of piperidine rings is 1. The quantitative estimate of drug-likeness (QED) is 0.787. The fraction of sp³-hybridized carbons (Fsp3) is 0.526. The minimum atomic E-state index is 0.408. The molecule has 1 fully saturated rings. The van der Waals surface area contributed by atoms with E-state index < -0.39 is 0 Å². The van der Waals surface area contributed by atoms with Gasteiger partial charge in [0.1, 0.15) is 5.82 Å². The van der Waals surface area contributed by atoms with Gasteiger partial charge in [-0.05, 0) is 18.4 Å². The SMILES string of the molecule is CCc1nccn1CCN1CCC(OCc2ccccc2)CC1. The molecule has 0 N–H and O–H groups in total. The lowest BCUT2D eigenvalue weighted by Crippen LogP contribution is -2.38. The minimum absolute atomic E-state index is 0.408. The summed E-state index contributed by atoms with van der Waals surface area (Å²) in [7, 11) is 0. The molecule has 1 aromatic carbocycles. The molecule has 2 heterocycles. The first-order valence-corrected chi connectivity index (χ1v) is 8.73. The summed E-state index contributed by atoms with van der Waals surface area (Å²) < 4.78 is 8.34. The number of aryl methyl sites for hydroxylation is 1. The second-order valence-electron chi connectivity index (χ2n) is 6.23. The third-order valence-electron chi connectivity index (χ3n) is 4.64. The predicted octanol–water partition coefficient (Wildman–Crippen LogP) is 3.13. The van der Waals surface area contributed by atoms with Crippen molar-refractivity contribution in [3.8, 4) is 0 Å². The van der Waals surface area contributed by atoms with Gasteiger partial charge in [0.05, 0.1) is 12.7 Å². The van der Waals surface area contributed by atoms with Gasteiger partial charge in [0.25, 0.3) is 0 Å². The van der Waals surface area contributed by atoms with Gasteiger partial charge in [-0.1, -0.05) is 37.3 Å². The zero-order valence-electron chi connectivity index (χ0n) is 14.0. The van der Waals surface area contributed by atoms with Crippen LogP contribution in [0.5, 0.6) is 0 Å². The van der Waals surface area contributed by atoms with Crippen molar-refractivity contribution in [1.29, 1.82) is 0 Å². The lowest BCUT2D eigenvalue weighted by molar-refractivity contribution is -0.00294. The van der Waals surface area contributed by atoms with Crippen molar-refractivity contribution in [2.24, 2.45) is 0 Å². The molecule has 1 aliphatic heterocycles. The van der Waals surface area contributed by atoms with Crippen LogP contribution in [-0.2, 0) is 24.3 Å². The average molecular weight is 313 g/mol. The molecule has 0 radical (unpaired) electrons. The monoisotopic (exact) mass is 313 g/mol. The number of imidazole rings is 1. The van der Waals surface area contributed by atoms with E-state index in [0.29, 0.717) is 6.10 Å². The third kappa shape index (κ3) is 4.66. The van der Waals surface area contributed by atoms with Crippen molar-refractivity contribution in [1.82, 2.24) is 14.5 Å². The normalized spacial score (nSPS) is 16.7. The smallest absolute Gasteiger partial charge is 0.108 e. The minimum Gasteiger partial charge on any atom is -0.373 e. The molecule has 0 spiro atoms. The van der Waals surface area contributed by atoms with Crippen LogP contribution in [0.2, 0.25) is 0 Å². The van der Waals surface area contributed by atoms with E-state index in [1.54, 1.807) is 0 Å². The molecule has 0 unspecified atom stereocenters. The second kappa shape index (κ2) is 8.27. The topological polar surface area (TPSA) is 30.3 Å². The molecule has 0 atom stereocenters. The van der Waals surface area contributed by atoms with Crippen LogP contribution in [0.4, 0.5) is 0 Å². The van der Waals surface area contributed by atoms with Crippen LogP contribution < -0.4 is 0 Å². The van der Waals surface area contributed by atoms with E-state index in [4.69, 9.17) is 4.74 Å². The molecule has 2 aromatic rings. The fourth-order valence-electron chi connectivity index (χ4n) is 3.20. The average Bonchev–Trinajstić information content (AvgIpc) is 3.07. The van der Waals surface area contributed by atoms with Crippen molar-refractivity contribution < 1.29 is 4.74 Å². The Hall–Kier alpha value is -1.65. The summed E-state index contributed by atoms with van der Waals surface area (Å²) in [5.74, 6) is 1.19. The predicted molar refractivity (Wildman–Crippen MR) is 92.3 cm³/mol. The van der Waals surface area contributed by atoms with Crippen LogP contribution in [0.25, 0.3) is 0 Å². The molecule has 0 aliphatic carbocycles. The fourth-order valence-corrected chi connectivity index (χ4v) is 3.20. The molecule has 0 amide bonds. The zero-order valence-corrected chi connectivity index (χ0v) is 14.0. The highest BCUT2D eigenvalue weighted by molar-refractivity contribution is 5.13. The van der Waals surface area contributed by atoms with Crippen LogP contribution in [0.3, 0.4) is 0 Å². The summed E-state index contributed by atoms with van der Waals surface area (Å²) in [6, 6.07) is 10.5. The molecular formula is C19H27N3O. The summed E-state index contributed by atoms with van der Waals surface area (Å²) in [4.78, 5) is 6.93. The zero-order chi connectivity index (χ0) is 15.9. The summed E-state index contributed by atoms with van der Waals surface area (Å²) in [6.07, 6.45) is 7.68. The highest BCUT2D eigenvalue weighted by Gasteiger charge is 2.19. The van der Waals surface area contributed by atoms with E-state index in [2.05, 4.69) is 51.8 Å². The van der Waals surface area contributed by atoms with Gasteiger partial charge in [-0.3, -0.25) is 0 Å². The van der Waals surface area contributed by atoms with Crippen molar-refractivity contribution in [2.75, 3.05) is 19.6 Å². The van der Waals surface area contributed by atoms with Crippen molar-refractivity contribution in [3.63, 3.8) is 0 Å². The Morgan fingerprint density at radius 2 is 1.91 bits per heavy atom. The maximum absolute atomic E-state index is 6.06. The van der Waals surface area contributed by atoms with E-state index in [1.165, 1.54) is 11.4 Å². The Balaban J connectivity index is 1.37. The highest BCUT2D eigenvalue weighted by atomic mass is 16.5. The van der Waals surface area contributed by atoms with E-state index in [-0.39, 0.29) is 0 Å². The summed E-state index contributed by atoms with van der Waals surface area (Å²) in [5, 5.41) is 0. The van der Waals surface area contributed by atoms with Crippen LogP contribution >= 0.6 is 0 Å². The molecule has 124 valence electrons. The summed E-state index contributed by atoms with van der Waals surface area (Å²) in [6.45, 7) is 7.31. The standard InChI is InChI=1S/C19H27N3O/c1-2-19-20-10-13-22(19)15-14-21-11-8-18(9-12-21)23-16-17-6-4-3-5-7-17/h3-7,10,13,18H,2,8-9,11-12,14-16H2,1H3. The third-order valence-corrected chi connectivity index (χ3v) is 4.64. The first-order chi connectivity index (χ1) is 11.3. The number of likely N-dealkylation sites (tertiary alicyclic amines) is 1. The van der Waals surface area contributed by atoms with E-state index in [9.17, 15) is 0 Å². The van der Waals surface area contributed by atoms with E-state index in [0.717, 1.165) is 52.0 Å². The molecule has 0 saturated carbocycles. The van der Waals surface area contributed by atoms with Crippen molar-refractivity contribution in [3.05, 3.63) is 54.1 Å². The Kier molecular flexibility index (Phi) is 5.83. The Morgan fingerprint density at radius 3 is 2.65 bits per heavy atom. The van der Waals surface area contributed by atoms with Gasteiger partial charge in [0.15, 0.2) is 0 Å². The van der Waals surface area contributed by atoms with Crippen molar-refractivity contribution >= 4 is 0 Å². The number of benzene rings is 1. The van der Waals surface area contributed by atoms with Crippen molar-refractivity contribution in [2.45, 2.75) is 45.4 Å². The molecule has 23 heavy (non-hydrogen) atoms. The number of hydrogen-bond acceptors (Lipinski definition) is 3. The first kappa shape index (κ1) is 16.2.